The van der Waals surface area contributed by atoms with Gasteiger partial charge in [-0.3, -0.25) is 14.7 Å². The van der Waals surface area contributed by atoms with E-state index in [1.54, 1.807) is 6.20 Å². The number of nitrogens with one attached hydrogen (secondary N) is 2. The predicted molar refractivity (Wildman–Crippen MR) is 108 cm³/mol. The zero-order chi connectivity index (χ0) is 18.8. The number of fused-ring (bicyclic) bond motifs is 1. The monoisotopic (exact) mass is 377 g/mol. The molecule has 0 saturated heterocycles. The van der Waals surface area contributed by atoms with Gasteiger partial charge in [0.1, 0.15) is 0 Å². The van der Waals surface area contributed by atoms with E-state index in [-0.39, 0.29) is 11.7 Å². The predicted octanol–water partition coefficient (Wildman–Crippen LogP) is 4.10. The zero-order valence-corrected chi connectivity index (χ0v) is 15.9. The summed E-state index contributed by atoms with van der Waals surface area (Å²) in [5.74, 6) is 0.577. The lowest BCUT2D eigenvalue weighted by Gasteiger charge is -2.11. The molecule has 2 N–H and O–H groups in total. The molecule has 0 fully saturated rings. The van der Waals surface area contributed by atoms with E-state index < -0.39 is 0 Å². The van der Waals surface area contributed by atoms with Crippen LogP contribution in [0.25, 0.3) is 16.7 Å². The number of hydrogen-bond acceptors (Lipinski definition) is 4. The molecule has 0 aliphatic rings. The molecule has 0 radical (unpaired) electrons. The second-order valence-electron chi connectivity index (χ2n) is 6.31. The van der Waals surface area contributed by atoms with Crippen LogP contribution in [-0.4, -0.2) is 31.2 Å². The fourth-order valence-corrected chi connectivity index (χ4v) is 3.64. The quantitative estimate of drug-likeness (QED) is 0.514. The van der Waals surface area contributed by atoms with E-state index in [0.717, 1.165) is 27.4 Å². The van der Waals surface area contributed by atoms with Crippen molar-refractivity contribution in [3.63, 3.8) is 0 Å². The third kappa shape index (κ3) is 3.73. The number of aromatic amines is 1. The van der Waals surface area contributed by atoms with Crippen LogP contribution < -0.4 is 5.32 Å². The van der Waals surface area contributed by atoms with Crippen molar-refractivity contribution in [1.82, 2.24) is 19.5 Å². The largest absolute Gasteiger partial charge is 0.324 e. The van der Waals surface area contributed by atoms with Gasteiger partial charge in [0.25, 0.3) is 0 Å². The lowest BCUT2D eigenvalue weighted by Crippen LogP contribution is -2.15. The Bertz CT molecular complexity index is 1080. The summed E-state index contributed by atoms with van der Waals surface area (Å²) >= 11 is 1.40. The van der Waals surface area contributed by atoms with Crippen molar-refractivity contribution in [3.05, 3.63) is 66.0 Å². The molecule has 27 heavy (non-hydrogen) atoms. The lowest BCUT2D eigenvalue weighted by atomic mass is 10.1. The summed E-state index contributed by atoms with van der Waals surface area (Å²) in [5.41, 5.74) is 5.14. The van der Waals surface area contributed by atoms with Crippen LogP contribution in [0.15, 0.2) is 60.0 Å². The van der Waals surface area contributed by atoms with Gasteiger partial charge in [-0.1, -0.05) is 36.0 Å². The summed E-state index contributed by atoms with van der Waals surface area (Å²) in [5, 5.41) is 3.59. The number of rotatable bonds is 5. The molecule has 2 aromatic heterocycles. The first kappa shape index (κ1) is 17.4. The number of carbonyl (C=O) groups is 1. The maximum Gasteiger partial charge on any atom is 0.237 e. The van der Waals surface area contributed by atoms with Gasteiger partial charge in [-0.05, 0) is 43.2 Å². The average Bonchev–Trinajstić information content (AvgIpc) is 3.28. The zero-order valence-electron chi connectivity index (χ0n) is 15.1. The molecule has 0 spiro atoms. The van der Waals surface area contributed by atoms with Crippen LogP contribution in [0.4, 0.5) is 5.95 Å². The Labute approximate surface area is 161 Å². The maximum atomic E-state index is 12.3. The number of thioether (sulfide) groups is 1. The van der Waals surface area contributed by atoms with E-state index in [1.165, 1.54) is 17.3 Å². The number of carbonyl (C=O) groups excluding carboxylic acids is 1. The Morgan fingerprint density at radius 1 is 1.22 bits per heavy atom. The molecule has 0 unspecified atom stereocenters. The minimum Gasteiger partial charge on any atom is -0.324 e. The van der Waals surface area contributed by atoms with Crippen LogP contribution in [0, 0.1) is 13.8 Å². The number of nitrogens with zero attached hydrogens (tertiary/aromatic N) is 3. The van der Waals surface area contributed by atoms with Crippen LogP contribution in [-0.2, 0) is 4.79 Å². The average molecular weight is 377 g/mol. The van der Waals surface area contributed by atoms with Crippen LogP contribution in [0.3, 0.4) is 0 Å². The first-order valence-electron chi connectivity index (χ1n) is 8.58. The number of amides is 1. The normalized spacial score (nSPS) is 11.0. The van der Waals surface area contributed by atoms with Gasteiger partial charge in [-0.2, -0.15) is 0 Å². The number of para-hydroxylation sites is 2. The molecule has 136 valence electrons. The van der Waals surface area contributed by atoms with Crippen LogP contribution >= 0.6 is 11.8 Å². The molecular weight excluding hydrogens is 358 g/mol. The van der Waals surface area contributed by atoms with Crippen molar-refractivity contribution in [1.29, 1.82) is 0 Å². The van der Waals surface area contributed by atoms with Crippen molar-refractivity contribution >= 4 is 34.7 Å². The van der Waals surface area contributed by atoms with Gasteiger partial charge in [-0.15, -0.1) is 0 Å². The van der Waals surface area contributed by atoms with Crippen molar-refractivity contribution in [2.24, 2.45) is 0 Å². The standard InChI is InChI=1S/C20H19N5OS/c1-13-7-8-14(2)17(11-13)25-10-9-21-20(25)27-12-18(26)24-19-22-15-5-3-4-6-16(15)23-19/h3-11H,12H2,1-2H3,(H2,22,23,24,26). The number of aromatic nitrogens is 4. The summed E-state index contributed by atoms with van der Waals surface area (Å²) in [6, 6.07) is 14.0. The molecule has 4 aromatic rings. The molecule has 2 aromatic carbocycles. The fourth-order valence-electron chi connectivity index (χ4n) is 2.87. The summed E-state index contributed by atoms with van der Waals surface area (Å²) < 4.78 is 2.02. The van der Waals surface area contributed by atoms with E-state index in [1.807, 2.05) is 35.0 Å². The number of hydrogen-bond donors (Lipinski definition) is 2. The van der Waals surface area contributed by atoms with Gasteiger partial charge in [0.2, 0.25) is 11.9 Å². The number of aryl methyl sites for hydroxylation is 2. The third-order valence-corrected chi connectivity index (χ3v) is 5.18. The van der Waals surface area contributed by atoms with E-state index in [4.69, 9.17) is 0 Å². The molecule has 0 atom stereocenters. The molecule has 2 heterocycles. The van der Waals surface area contributed by atoms with Crippen LogP contribution in [0.5, 0.6) is 0 Å². The summed E-state index contributed by atoms with van der Waals surface area (Å²) in [6.07, 6.45) is 3.67. The molecule has 7 heteroatoms. The number of H-pyrrole nitrogens is 1. The van der Waals surface area contributed by atoms with Gasteiger partial charge in [0.15, 0.2) is 5.16 Å². The Kier molecular flexibility index (Phi) is 4.68. The maximum absolute atomic E-state index is 12.3. The Balaban J connectivity index is 1.45. The minimum atomic E-state index is -0.130. The summed E-state index contributed by atoms with van der Waals surface area (Å²) in [4.78, 5) is 24.2. The van der Waals surface area contributed by atoms with Gasteiger partial charge < -0.3 is 4.98 Å². The topological polar surface area (TPSA) is 75.6 Å². The van der Waals surface area contributed by atoms with Crippen molar-refractivity contribution < 1.29 is 4.79 Å². The smallest absolute Gasteiger partial charge is 0.237 e. The molecule has 0 saturated carbocycles. The van der Waals surface area contributed by atoms with Gasteiger partial charge >= 0.3 is 0 Å². The Morgan fingerprint density at radius 3 is 2.93 bits per heavy atom. The highest BCUT2D eigenvalue weighted by Crippen LogP contribution is 2.24. The Morgan fingerprint density at radius 2 is 2.07 bits per heavy atom. The molecule has 4 rings (SSSR count). The first-order valence-corrected chi connectivity index (χ1v) is 9.57. The van der Waals surface area contributed by atoms with E-state index in [2.05, 4.69) is 52.3 Å². The van der Waals surface area contributed by atoms with E-state index >= 15 is 0 Å². The van der Waals surface area contributed by atoms with Crippen molar-refractivity contribution in [2.75, 3.05) is 11.1 Å². The molecule has 1 amide bonds. The highest BCUT2D eigenvalue weighted by Gasteiger charge is 2.12. The first-order chi connectivity index (χ1) is 13.1. The van der Waals surface area contributed by atoms with Crippen molar-refractivity contribution in [2.45, 2.75) is 19.0 Å². The second kappa shape index (κ2) is 7.28. The minimum absolute atomic E-state index is 0.130. The number of anilines is 1. The van der Waals surface area contributed by atoms with Gasteiger partial charge in [0, 0.05) is 12.4 Å². The van der Waals surface area contributed by atoms with Crippen LogP contribution in [0.1, 0.15) is 11.1 Å². The molecule has 0 aliphatic heterocycles. The number of imidazole rings is 2. The van der Waals surface area contributed by atoms with E-state index in [9.17, 15) is 4.79 Å². The van der Waals surface area contributed by atoms with E-state index in [0.29, 0.717) is 5.95 Å². The SMILES string of the molecule is Cc1ccc(C)c(-n2ccnc2SCC(=O)Nc2nc3ccccc3[nH]2)c1. The fraction of sp³-hybridized carbons (Fsp3) is 0.150. The molecule has 0 aliphatic carbocycles. The summed E-state index contributed by atoms with van der Waals surface area (Å²) in [7, 11) is 0. The highest BCUT2D eigenvalue weighted by atomic mass is 32.2. The van der Waals surface area contributed by atoms with Crippen LogP contribution in [0.2, 0.25) is 0 Å². The van der Waals surface area contributed by atoms with Crippen molar-refractivity contribution in [3.8, 4) is 5.69 Å². The molecule has 0 bridgehead atoms. The lowest BCUT2D eigenvalue weighted by molar-refractivity contribution is -0.113. The molecular formula is C20H19N5OS. The third-order valence-electron chi connectivity index (χ3n) is 4.21. The van der Waals surface area contributed by atoms with Gasteiger partial charge in [0.05, 0.1) is 22.5 Å². The molecule has 6 nitrogen and oxygen atoms in total. The summed E-state index contributed by atoms with van der Waals surface area (Å²) in [6.45, 7) is 4.13. The highest BCUT2D eigenvalue weighted by molar-refractivity contribution is 7.99. The van der Waals surface area contributed by atoms with Gasteiger partial charge in [-0.25, -0.2) is 9.97 Å². The number of benzene rings is 2. The second-order valence-corrected chi connectivity index (χ2v) is 7.25. The Hall–Kier alpha value is -3.06.